The predicted octanol–water partition coefficient (Wildman–Crippen LogP) is 2.70. The molecule has 2 rings (SSSR count). The van der Waals surface area contributed by atoms with Crippen molar-refractivity contribution in [3.05, 3.63) is 29.0 Å². The summed E-state index contributed by atoms with van der Waals surface area (Å²) in [4.78, 5) is -0.429. The van der Waals surface area contributed by atoms with E-state index in [0.29, 0.717) is 0 Å². The summed E-state index contributed by atoms with van der Waals surface area (Å²) in [6.45, 7) is 0.200. The molecule has 3 N–H and O–H groups in total. The van der Waals surface area contributed by atoms with Gasteiger partial charge in [0.2, 0.25) is 10.0 Å². The molecule has 0 heterocycles. The molecule has 1 saturated carbocycles. The molecule has 0 aliphatic heterocycles. The SMILES string of the molecule is Cl.NCC(NS(=O)(=O)c1cccc(Cl)c1F)C1CCCC1. The first-order valence-corrected chi connectivity index (χ1v) is 8.48. The highest BCUT2D eigenvalue weighted by atomic mass is 35.5. The van der Waals surface area contributed by atoms with Gasteiger partial charge in [0.05, 0.1) is 5.02 Å². The Labute approximate surface area is 135 Å². The summed E-state index contributed by atoms with van der Waals surface area (Å²) in [7, 11) is -3.95. The van der Waals surface area contributed by atoms with Crippen molar-refractivity contribution in [3.63, 3.8) is 0 Å². The molecule has 0 amide bonds. The standard InChI is InChI=1S/C13H18ClFN2O2S.ClH/c14-10-6-3-7-12(13(10)15)20(18,19)17-11(8-16)9-4-1-2-5-9;/h3,6-7,9,11,17H,1-2,4-5,8,16H2;1H. The van der Waals surface area contributed by atoms with Gasteiger partial charge in [0.15, 0.2) is 5.82 Å². The van der Waals surface area contributed by atoms with Gasteiger partial charge in [0.1, 0.15) is 4.90 Å². The topological polar surface area (TPSA) is 72.2 Å². The van der Waals surface area contributed by atoms with Gasteiger partial charge < -0.3 is 5.73 Å². The lowest BCUT2D eigenvalue weighted by Crippen LogP contribution is -2.44. The summed E-state index contributed by atoms with van der Waals surface area (Å²) in [5.74, 6) is -0.708. The molecule has 120 valence electrons. The van der Waals surface area contributed by atoms with E-state index < -0.39 is 20.7 Å². The Bertz CT molecular complexity index is 578. The smallest absolute Gasteiger partial charge is 0.243 e. The van der Waals surface area contributed by atoms with E-state index in [9.17, 15) is 12.8 Å². The fourth-order valence-electron chi connectivity index (χ4n) is 2.65. The molecular weight excluding hydrogens is 338 g/mol. The number of halogens is 3. The Morgan fingerprint density at radius 3 is 2.57 bits per heavy atom. The van der Waals surface area contributed by atoms with Gasteiger partial charge in [-0.15, -0.1) is 12.4 Å². The molecule has 21 heavy (non-hydrogen) atoms. The number of nitrogens with one attached hydrogen (secondary N) is 1. The minimum Gasteiger partial charge on any atom is -0.329 e. The van der Waals surface area contributed by atoms with Crippen LogP contribution in [0.15, 0.2) is 23.1 Å². The van der Waals surface area contributed by atoms with Crippen LogP contribution in [0.2, 0.25) is 5.02 Å². The third kappa shape index (κ3) is 4.29. The maximum Gasteiger partial charge on any atom is 0.243 e. The lowest BCUT2D eigenvalue weighted by molar-refractivity contribution is 0.404. The Hall–Kier alpha value is -0.400. The Kier molecular flexibility index (Phi) is 6.87. The number of nitrogens with two attached hydrogens (primary N) is 1. The first-order chi connectivity index (χ1) is 9.45. The second-order valence-corrected chi connectivity index (χ2v) is 7.15. The van der Waals surface area contributed by atoms with E-state index in [4.69, 9.17) is 17.3 Å². The number of rotatable bonds is 5. The second-order valence-electron chi connectivity index (χ2n) is 5.06. The van der Waals surface area contributed by atoms with E-state index in [1.165, 1.54) is 18.2 Å². The Morgan fingerprint density at radius 1 is 1.38 bits per heavy atom. The minimum atomic E-state index is -3.95. The number of hydrogen-bond donors (Lipinski definition) is 2. The maximum atomic E-state index is 13.8. The molecule has 1 aliphatic carbocycles. The number of hydrogen-bond acceptors (Lipinski definition) is 3. The summed E-state index contributed by atoms with van der Waals surface area (Å²) in [5.41, 5.74) is 5.66. The van der Waals surface area contributed by atoms with Crippen molar-refractivity contribution < 1.29 is 12.8 Å². The van der Waals surface area contributed by atoms with Gasteiger partial charge in [-0.3, -0.25) is 0 Å². The fraction of sp³-hybridized carbons (Fsp3) is 0.538. The first kappa shape index (κ1) is 18.6. The summed E-state index contributed by atoms with van der Waals surface area (Å²) in [5, 5.41) is -0.210. The monoisotopic (exact) mass is 356 g/mol. The van der Waals surface area contributed by atoms with E-state index in [-0.39, 0.29) is 35.9 Å². The maximum absolute atomic E-state index is 13.8. The largest absolute Gasteiger partial charge is 0.329 e. The lowest BCUT2D eigenvalue weighted by Gasteiger charge is -2.23. The fourth-order valence-corrected chi connectivity index (χ4v) is 4.30. The van der Waals surface area contributed by atoms with Crippen LogP contribution in [0, 0.1) is 11.7 Å². The summed E-state index contributed by atoms with van der Waals surface area (Å²) >= 11 is 5.63. The molecule has 0 bridgehead atoms. The van der Waals surface area contributed by atoms with E-state index in [0.717, 1.165) is 25.7 Å². The van der Waals surface area contributed by atoms with Crippen LogP contribution in [-0.4, -0.2) is 21.0 Å². The molecule has 0 spiro atoms. The number of sulfonamides is 1. The van der Waals surface area contributed by atoms with Crippen molar-refractivity contribution in [3.8, 4) is 0 Å². The molecule has 0 radical (unpaired) electrons. The predicted molar refractivity (Wildman–Crippen MR) is 83.8 cm³/mol. The van der Waals surface area contributed by atoms with Gasteiger partial charge in [-0.2, -0.15) is 0 Å². The van der Waals surface area contributed by atoms with Gasteiger partial charge in [0, 0.05) is 12.6 Å². The summed E-state index contributed by atoms with van der Waals surface area (Å²) in [6, 6.07) is 3.56. The molecule has 1 aromatic carbocycles. The summed E-state index contributed by atoms with van der Waals surface area (Å²) in [6.07, 6.45) is 4.05. The van der Waals surface area contributed by atoms with Gasteiger partial charge in [-0.05, 0) is 30.9 Å². The van der Waals surface area contributed by atoms with Crippen molar-refractivity contribution in [1.82, 2.24) is 4.72 Å². The normalized spacial score (nSPS) is 17.5. The zero-order chi connectivity index (χ0) is 14.8. The number of benzene rings is 1. The third-order valence-corrected chi connectivity index (χ3v) is 5.53. The first-order valence-electron chi connectivity index (χ1n) is 6.62. The van der Waals surface area contributed by atoms with Crippen molar-refractivity contribution in [2.24, 2.45) is 11.7 Å². The van der Waals surface area contributed by atoms with Crippen molar-refractivity contribution in [2.45, 2.75) is 36.6 Å². The molecule has 0 aromatic heterocycles. The highest BCUT2D eigenvalue weighted by Gasteiger charge is 2.30. The molecule has 1 aromatic rings. The van der Waals surface area contributed by atoms with Gasteiger partial charge in [-0.25, -0.2) is 17.5 Å². The molecule has 1 unspecified atom stereocenters. The van der Waals surface area contributed by atoms with Crippen LogP contribution < -0.4 is 10.5 Å². The van der Waals surface area contributed by atoms with Crippen LogP contribution >= 0.6 is 24.0 Å². The van der Waals surface area contributed by atoms with Gasteiger partial charge in [-0.1, -0.05) is 30.5 Å². The average molecular weight is 357 g/mol. The average Bonchev–Trinajstić information content (AvgIpc) is 2.93. The van der Waals surface area contributed by atoms with E-state index in [1.807, 2.05) is 0 Å². The van der Waals surface area contributed by atoms with Crippen LogP contribution in [0.5, 0.6) is 0 Å². The van der Waals surface area contributed by atoms with Crippen molar-refractivity contribution in [2.75, 3.05) is 6.54 Å². The van der Waals surface area contributed by atoms with E-state index in [2.05, 4.69) is 4.72 Å². The van der Waals surface area contributed by atoms with Crippen LogP contribution in [0.25, 0.3) is 0 Å². The van der Waals surface area contributed by atoms with Gasteiger partial charge >= 0.3 is 0 Å². The van der Waals surface area contributed by atoms with Crippen molar-refractivity contribution in [1.29, 1.82) is 0 Å². The van der Waals surface area contributed by atoms with E-state index >= 15 is 0 Å². The van der Waals surface area contributed by atoms with Crippen LogP contribution in [0.4, 0.5) is 4.39 Å². The van der Waals surface area contributed by atoms with Crippen LogP contribution in [0.3, 0.4) is 0 Å². The zero-order valence-corrected chi connectivity index (χ0v) is 13.8. The van der Waals surface area contributed by atoms with Crippen molar-refractivity contribution >= 4 is 34.0 Å². The zero-order valence-electron chi connectivity index (χ0n) is 11.4. The van der Waals surface area contributed by atoms with Crippen LogP contribution in [-0.2, 0) is 10.0 Å². The molecule has 1 aliphatic rings. The molecule has 1 fully saturated rings. The highest BCUT2D eigenvalue weighted by Crippen LogP contribution is 2.29. The third-order valence-electron chi connectivity index (χ3n) is 3.74. The molecular formula is C13H19Cl2FN2O2S. The molecule has 4 nitrogen and oxygen atoms in total. The lowest BCUT2D eigenvalue weighted by atomic mass is 9.99. The quantitative estimate of drug-likeness (QED) is 0.851. The van der Waals surface area contributed by atoms with Gasteiger partial charge in [0.25, 0.3) is 0 Å². The molecule has 0 saturated heterocycles. The highest BCUT2D eigenvalue weighted by molar-refractivity contribution is 7.89. The Morgan fingerprint density at radius 2 is 2.00 bits per heavy atom. The summed E-state index contributed by atoms with van der Waals surface area (Å²) < 4.78 is 40.9. The Balaban J connectivity index is 0.00000220. The minimum absolute atomic E-state index is 0. The van der Waals surface area contributed by atoms with Crippen LogP contribution in [0.1, 0.15) is 25.7 Å². The molecule has 1 atom stereocenters. The van der Waals surface area contributed by atoms with E-state index in [1.54, 1.807) is 0 Å². The molecule has 8 heteroatoms. The second kappa shape index (κ2) is 7.74.